The summed E-state index contributed by atoms with van der Waals surface area (Å²) in [5.74, 6) is 0.684. The molecule has 20 heavy (non-hydrogen) atoms. The fourth-order valence-corrected chi connectivity index (χ4v) is 3.15. The molecule has 0 amide bonds. The SMILES string of the molecule is COc1ccc(S(=O)(=O)N(C)C)c(CCNC2CC2)c1. The van der Waals surface area contributed by atoms with Gasteiger partial charge in [0.2, 0.25) is 10.0 Å². The number of nitrogens with zero attached hydrogens (tertiary/aromatic N) is 1. The first-order valence-electron chi connectivity index (χ1n) is 6.78. The van der Waals surface area contributed by atoms with Crippen molar-refractivity contribution in [2.75, 3.05) is 27.7 Å². The minimum Gasteiger partial charge on any atom is -0.497 e. The molecule has 0 saturated heterocycles. The van der Waals surface area contributed by atoms with E-state index in [2.05, 4.69) is 5.32 Å². The van der Waals surface area contributed by atoms with Gasteiger partial charge in [-0.15, -0.1) is 0 Å². The number of sulfonamides is 1. The summed E-state index contributed by atoms with van der Waals surface area (Å²) in [4.78, 5) is 0.362. The maximum Gasteiger partial charge on any atom is 0.242 e. The minimum atomic E-state index is -3.42. The molecule has 0 unspecified atom stereocenters. The summed E-state index contributed by atoms with van der Waals surface area (Å²) in [6.45, 7) is 0.785. The van der Waals surface area contributed by atoms with E-state index in [0.717, 1.165) is 12.1 Å². The van der Waals surface area contributed by atoms with Crippen LogP contribution in [0.15, 0.2) is 23.1 Å². The van der Waals surface area contributed by atoms with Crippen LogP contribution in [0.5, 0.6) is 5.75 Å². The summed E-state index contributed by atoms with van der Waals surface area (Å²) in [6.07, 6.45) is 3.12. The molecule has 1 N–H and O–H groups in total. The van der Waals surface area contributed by atoms with Crippen LogP contribution in [0.2, 0.25) is 0 Å². The average molecular weight is 298 g/mol. The molecular formula is C14H22N2O3S. The Kier molecular flexibility index (Phi) is 4.67. The van der Waals surface area contributed by atoms with Gasteiger partial charge >= 0.3 is 0 Å². The normalized spacial score (nSPS) is 15.6. The van der Waals surface area contributed by atoms with Gasteiger partial charge in [-0.2, -0.15) is 0 Å². The Morgan fingerprint density at radius 2 is 2.05 bits per heavy atom. The highest BCUT2D eigenvalue weighted by Gasteiger charge is 2.23. The summed E-state index contributed by atoms with van der Waals surface area (Å²) in [5.41, 5.74) is 0.797. The van der Waals surface area contributed by atoms with Gasteiger partial charge < -0.3 is 10.1 Å². The molecule has 0 bridgehead atoms. The number of rotatable bonds is 7. The Hall–Kier alpha value is -1.11. The molecule has 0 aliphatic heterocycles. The predicted molar refractivity (Wildman–Crippen MR) is 78.6 cm³/mol. The molecule has 0 spiro atoms. The van der Waals surface area contributed by atoms with Crippen molar-refractivity contribution in [3.63, 3.8) is 0 Å². The van der Waals surface area contributed by atoms with Crippen LogP contribution < -0.4 is 10.1 Å². The van der Waals surface area contributed by atoms with Gasteiger partial charge in [0.25, 0.3) is 0 Å². The van der Waals surface area contributed by atoms with E-state index >= 15 is 0 Å². The summed E-state index contributed by atoms with van der Waals surface area (Å²) >= 11 is 0. The molecule has 0 heterocycles. The van der Waals surface area contributed by atoms with E-state index in [1.165, 1.54) is 17.1 Å². The number of hydrogen-bond donors (Lipinski definition) is 1. The van der Waals surface area contributed by atoms with Crippen LogP contribution in [-0.2, 0) is 16.4 Å². The van der Waals surface area contributed by atoms with Crippen molar-refractivity contribution in [3.8, 4) is 5.75 Å². The third-order valence-electron chi connectivity index (χ3n) is 3.43. The first-order chi connectivity index (χ1) is 9.45. The molecule has 5 nitrogen and oxygen atoms in total. The van der Waals surface area contributed by atoms with Gasteiger partial charge in [-0.3, -0.25) is 0 Å². The Bertz CT molecular complexity index is 566. The van der Waals surface area contributed by atoms with Crippen LogP contribution >= 0.6 is 0 Å². The van der Waals surface area contributed by atoms with E-state index in [9.17, 15) is 8.42 Å². The average Bonchev–Trinajstić information content (AvgIpc) is 3.22. The van der Waals surface area contributed by atoms with Crippen LogP contribution in [0.3, 0.4) is 0 Å². The highest BCUT2D eigenvalue weighted by molar-refractivity contribution is 7.89. The van der Waals surface area contributed by atoms with E-state index < -0.39 is 10.0 Å². The first-order valence-corrected chi connectivity index (χ1v) is 8.22. The summed E-state index contributed by atoms with van der Waals surface area (Å²) < 4.78 is 31.1. The number of hydrogen-bond acceptors (Lipinski definition) is 4. The van der Waals surface area contributed by atoms with Gasteiger partial charge in [0.15, 0.2) is 0 Å². The molecule has 112 valence electrons. The maximum absolute atomic E-state index is 12.3. The lowest BCUT2D eigenvalue weighted by Gasteiger charge is -2.16. The van der Waals surface area contributed by atoms with E-state index in [-0.39, 0.29) is 0 Å². The molecule has 1 aromatic carbocycles. The van der Waals surface area contributed by atoms with Gasteiger partial charge in [0.05, 0.1) is 12.0 Å². The lowest BCUT2D eigenvalue weighted by atomic mass is 10.1. The zero-order valence-electron chi connectivity index (χ0n) is 12.2. The Morgan fingerprint density at radius 3 is 2.60 bits per heavy atom. The second-order valence-electron chi connectivity index (χ2n) is 5.24. The van der Waals surface area contributed by atoms with Crippen molar-refractivity contribution in [1.29, 1.82) is 0 Å². The lowest BCUT2D eigenvalue weighted by Crippen LogP contribution is -2.25. The molecular weight excluding hydrogens is 276 g/mol. The molecule has 0 radical (unpaired) electrons. The highest BCUT2D eigenvalue weighted by atomic mass is 32.2. The monoisotopic (exact) mass is 298 g/mol. The van der Waals surface area contributed by atoms with Crippen molar-refractivity contribution in [3.05, 3.63) is 23.8 Å². The quantitative estimate of drug-likeness (QED) is 0.823. The summed E-state index contributed by atoms with van der Waals surface area (Å²) in [5, 5.41) is 3.40. The molecule has 0 atom stereocenters. The third kappa shape index (κ3) is 3.50. The number of benzene rings is 1. The molecule has 1 aromatic rings. The molecule has 1 fully saturated rings. The van der Waals surface area contributed by atoms with E-state index in [0.29, 0.717) is 23.1 Å². The number of methoxy groups -OCH3 is 1. The van der Waals surface area contributed by atoms with Crippen LogP contribution in [0.4, 0.5) is 0 Å². The van der Waals surface area contributed by atoms with Gasteiger partial charge in [-0.1, -0.05) is 0 Å². The number of nitrogens with one attached hydrogen (secondary N) is 1. The Balaban J connectivity index is 2.24. The standard InChI is InChI=1S/C14H22N2O3S/c1-16(2)20(17,18)14-7-6-13(19-3)10-11(14)8-9-15-12-4-5-12/h6-7,10,12,15H,4-5,8-9H2,1-3H3. The lowest BCUT2D eigenvalue weighted by molar-refractivity contribution is 0.413. The second-order valence-corrected chi connectivity index (χ2v) is 7.36. The van der Waals surface area contributed by atoms with Crippen LogP contribution in [0.1, 0.15) is 18.4 Å². The van der Waals surface area contributed by atoms with Crippen molar-refractivity contribution in [2.24, 2.45) is 0 Å². The topological polar surface area (TPSA) is 58.6 Å². The smallest absolute Gasteiger partial charge is 0.242 e. The van der Waals surface area contributed by atoms with Crippen LogP contribution in [-0.4, -0.2) is 46.5 Å². The second kappa shape index (κ2) is 6.11. The zero-order valence-corrected chi connectivity index (χ0v) is 13.0. The van der Waals surface area contributed by atoms with Crippen molar-refractivity contribution in [1.82, 2.24) is 9.62 Å². The van der Waals surface area contributed by atoms with E-state index in [4.69, 9.17) is 4.74 Å². The van der Waals surface area contributed by atoms with Crippen molar-refractivity contribution < 1.29 is 13.2 Å². The fourth-order valence-electron chi connectivity index (χ4n) is 2.02. The third-order valence-corrected chi connectivity index (χ3v) is 5.35. The van der Waals surface area contributed by atoms with Gasteiger partial charge in [-0.25, -0.2) is 12.7 Å². The molecule has 1 aliphatic rings. The maximum atomic E-state index is 12.3. The predicted octanol–water partition coefficient (Wildman–Crippen LogP) is 1.24. The largest absolute Gasteiger partial charge is 0.497 e. The molecule has 0 aromatic heterocycles. The summed E-state index contributed by atoms with van der Waals surface area (Å²) in [7, 11) is 1.26. The Labute approximate surface area is 121 Å². The zero-order chi connectivity index (χ0) is 14.8. The van der Waals surface area contributed by atoms with Gasteiger partial charge in [-0.05, 0) is 49.6 Å². The fraction of sp³-hybridized carbons (Fsp3) is 0.571. The number of ether oxygens (including phenoxy) is 1. The van der Waals surface area contributed by atoms with Gasteiger partial charge in [0.1, 0.15) is 5.75 Å². The minimum absolute atomic E-state index is 0.362. The van der Waals surface area contributed by atoms with Crippen molar-refractivity contribution in [2.45, 2.75) is 30.2 Å². The summed E-state index contributed by atoms with van der Waals surface area (Å²) in [6, 6.07) is 5.74. The van der Waals surface area contributed by atoms with E-state index in [1.807, 2.05) is 6.07 Å². The first kappa shape index (κ1) is 15.3. The van der Waals surface area contributed by atoms with Crippen LogP contribution in [0, 0.1) is 0 Å². The molecule has 1 saturated carbocycles. The van der Waals surface area contributed by atoms with E-state index in [1.54, 1.807) is 33.3 Å². The molecule has 2 rings (SSSR count). The highest BCUT2D eigenvalue weighted by Crippen LogP contribution is 2.24. The molecule has 1 aliphatic carbocycles. The molecule has 6 heteroatoms. The van der Waals surface area contributed by atoms with Crippen molar-refractivity contribution >= 4 is 10.0 Å². The van der Waals surface area contributed by atoms with Gasteiger partial charge in [0, 0.05) is 20.1 Å². The Morgan fingerprint density at radius 1 is 1.35 bits per heavy atom. The van der Waals surface area contributed by atoms with Crippen LogP contribution in [0.25, 0.3) is 0 Å².